The summed E-state index contributed by atoms with van der Waals surface area (Å²) in [6, 6.07) is 1.26. The van der Waals surface area contributed by atoms with Gasteiger partial charge in [0, 0.05) is 19.8 Å². The molecular formula is C16H26N2O6S. The lowest BCUT2D eigenvalue weighted by atomic mass is 10.2. The number of rotatable bonds is 6. The molecule has 0 aliphatic carbocycles. The van der Waals surface area contributed by atoms with Crippen molar-refractivity contribution in [1.29, 1.82) is 0 Å². The van der Waals surface area contributed by atoms with Crippen LogP contribution in [0.5, 0.6) is 0 Å². The number of carbonyl (C=O) groups is 2. The van der Waals surface area contributed by atoms with Crippen LogP contribution in [0.1, 0.15) is 43.9 Å². The van der Waals surface area contributed by atoms with E-state index in [-0.39, 0.29) is 17.2 Å². The van der Waals surface area contributed by atoms with Crippen molar-refractivity contribution in [3.8, 4) is 0 Å². The highest BCUT2D eigenvalue weighted by Crippen LogP contribution is 2.23. The molecule has 0 radical (unpaired) electrons. The number of esters is 2. The van der Waals surface area contributed by atoms with Crippen molar-refractivity contribution < 1.29 is 27.5 Å². The monoisotopic (exact) mass is 374 g/mol. The van der Waals surface area contributed by atoms with Gasteiger partial charge in [0.25, 0.3) is 0 Å². The van der Waals surface area contributed by atoms with Gasteiger partial charge in [-0.3, -0.25) is 4.79 Å². The first-order chi connectivity index (χ1) is 11.3. The van der Waals surface area contributed by atoms with Gasteiger partial charge in [-0.05, 0) is 40.7 Å². The van der Waals surface area contributed by atoms with Crippen molar-refractivity contribution in [2.24, 2.45) is 7.05 Å². The van der Waals surface area contributed by atoms with Crippen molar-refractivity contribution in [2.75, 3.05) is 20.2 Å². The molecule has 0 aliphatic heterocycles. The van der Waals surface area contributed by atoms with Gasteiger partial charge in [0.15, 0.2) is 0 Å². The molecule has 142 valence electrons. The smallest absolute Gasteiger partial charge is 0.354 e. The number of hydrogen-bond acceptors (Lipinski definition) is 6. The Hall–Kier alpha value is -1.87. The highest BCUT2D eigenvalue weighted by molar-refractivity contribution is 7.89. The lowest BCUT2D eigenvalue weighted by Crippen LogP contribution is -2.36. The molecule has 0 spiro atoms. The van der Waals surface area contributed by atoms with Crippen molar-refractivity contribution >= 4 is 22.0 Å². The Balaban J connectivity index is 3.12. The largest absolute Gasteiger partial charge is 0.461 e. The molecule has 0 saturated heterocycles. The van der Waals surface area contributed by atoms with Gasteiger partial charge >= 0.3 is 11.9 Å². The van der Waals surface area contributed by atoms with Crippen LogP contribution in [0.2, 0.25) is 0 Å². The molecule has 0 saturated carbocycles. The standard InChI is InChI=1S/C16H26N2O6S/c1-8-23-15(20)12-9-13(11(2)18(12)7)25(21,22)17(6)10-14(19)24-16(3,4)5/h9H,8,10H2,1-7H3. The van der Waals surface area contributed by atoms with Crippen LogP contribution >= 0.6 is 0 Å². The Morgan fingerprint density at radius 1 is 1.28 bits per heavy atom. The SMILES string of the molecule is CCOC(=O)c1cc(S(=O)(=O)N(C)CC(=O)OC(C)(C)C)c(C)n1C. The fraction of sp³-hybridized carbons (Fsp3) is 0.625. The maximum Gasteiger partial charge on any atom is 0.354 e. The van der Waals surface area contributed by atoms with Crippen molar-refractivity contribution in [1.82, 2.24) is 8.87 Å². The quantitative estimate of drug-likeness (QED) is 0.700. The van der Waals surface area contributed by atoms with Gasteiger partial charge in [0.1, 0.15) is 22.7 Å². The zero-order valence-corrected chi connectivity index (χ0v) is 16.6. The van der Waals surface area contributed by atoms with E-state index in [0.717, 1.165) is 4.31 Å². The molecule has 0 unspecified atom stereocenters. The van der Waals surface area contributed by atoms with Crippen LogP contribution in [0.25, 0.3) is 0 Å². The van der Waals surface area contributed by atoms with E-state index in [4.69, 9.17) is 9.47 Å². The van der Waals surface area contributed by atoms with Gasteiger partial charge in [-0.15, -0.1) is 0 Å². The van der Waals surface area contributed by atoms with Gasteiger partial charge < -0.3 is 14.0 Å². The maximum absolute atomic E-state index is 12.8. The first-order valence-corrected chi connectivity index (χ1v) is 9.27. The van der Waals surface area contributed by atoms with E-state index < -0.39 is 34.1 Å². The van der Waals surface area contributed by atoms with Gasteiger partial charge in [-0.2, -0.15) is 4.31 Å². The summed E-state index contributed by atoms with van der Waals surface area (Å²) in [4.78, 5) is 23.8. The first kappa shape index (κ1) is 21.2. The summed E-state index contributed by atoms with van der Waals surface area (Å²) in [5, 5.41) is 0. The predicted octanol–water partition coefficient (Wildman–Crippen LogP) is 1.47. The predicted molar refractivity (Wildman–Crippen MR) is 91.8 cm³/mol. The normalized spacial score (nSPS) is 12.3. The molecule has 0 N–H and O–H groups in total. The maximum atomic E-state index is 12.8. The van der Waals surface area contributed by atoms with Gasteiger partial charge in [-0.1, -0.05) is 0 Å². The third kappa shape index (κ3) is 5.05. The molecule has 1 aromatic heterocycles. The fourth-order valence-corrected chi connectivity index (χ4v) is 3.52. The summed E-state index contributed by atoms with van der Waals surface area (Å²) in [6.07, 6.45) is 0. The van der Waals surface area contributed by atoms with E-state index in [1.165, 1.54) is 17.7 Å². The second-order valence-electron chi connectivity index (χ2n) is 6.61. The molecule has 0 bridgehead atoms. The number of hydrogen-bond donors (Lipinski definition) is 0. The van der Waals surface area contributed by atoms with E-state index in [1.807, 2.05) is 0 Å². The number of nitrogens with zero attached hydrogens (tertiary/aromatic N) is 2. The molecule has 8 nitrogen and oxygen atoms in total. The molecule has 1 rings (SSSR count). The molecule has 1 heterocycles. The van der Waals surface area contributed by atoms with Crippen LogP contribution in [-0.4, -0.2) is 55.0 Å². The lowest BCUT2D eigenvalue weighted by Gasteiger charge is -2.22. The van der Waals surface area contributed by atoms with E-state index in [1.54, 1.807) is 41.7 Å². The number of sulfonamides is 1. The third-order valence-electron chi connectivity index (χ3n) is 3.43. The second kappa shape index (κ2) is 7.57. The van der Waals surface area contributed by atoms with E-state index in [9.17, 15) is 18.0 Å². The average molecular weight is 374 g/mol. The van der Waals surface area contributed by atoms with E-state index >= 15 is 0 Å². The van der Waals surface area contributed by atoms with Gasteiger partial charge in [0.05, 0.1) is 6.61 Å². The van der Waals surface area contributed by atoms with Crippen LogP contribution in [0.3, 0.4) is 0 Å². The summed E-state index contributed by atoms with van der Waals surface area (Å²) < 4.78 is 37.9. The van der Waals surface area contributed by atoms with Crippen LogP contribution in [0.15, 0.2) is 11.0 Å². The summed E-state index contributed by atoms with van der Waals surface area (Å²) in [7, 11) is -1.10. The summed E-state index contributed by atoms with van der Waals surface area (Å²) in [6.45, 7) is 8.11. The van der Waals surface area contributed by atoms with Crippen LogP contribution in [-0.2, 0) is 31.3 Å². The topological polar surface area (TPSA) is 94.9 Å². The van der Waals surface area contributed by atoms with Crippen molar-refractivity contribution in [2.45, 2.75) is 45.1 Å². The summed E-state index contributed by atoms with van der Waals surface area (Å²) in [5.74, 6) is -1.26. The van der Waals surface area contributed by atoms with Crippen LogP contribution in [0.4, 0.5) is 0 Å². The number of ether oxygens (including phenoxy) is 2. The summed E-state index contributed by atoms with van der Waals surface area (Å²) in [5.41, 5.74) is -0.204. The fourth-order valence-electron chi connectivity index (χ4n) is 2.14. The molecule has 25 heavy (non-hydrogen) atoms. The van der Waals surface area contributed by atoms with Crippen molar-refractivity contribution in [3.63, 3.8) is 0 Å². The third-order valence-corrected chi connectivity index (χ3v) is 5.35. The molecule has 9 heteroatoms. The average Bonchev–Trinajstić information content (AvgIpc) is 2.74. The highest BCUT2D eigenvalue weighted by atomic mass is 32.2. The van der Waals surface area contributed by atoms with Crippen LogP contribution in [0, 0.1) is 6.92 Å². The van der Waals surface area contributed by atoms with Crippen molar-refractivity contribution in [3.05, 3.63) is 17.5 Å². The molecule has 0 fully saturated rings. The van der Waals surface area contributed by atoms with Gasteiger partial charge in [0.2, 0.25) is 10.0 Å². The number of aromatic nitrogens is 1. The molecule has 0 amide bonds. The Labute approximate surface area is 148 Å². The Morgan fingerprint density at radius 2 is 1.84 bits per heavy atom. The Bertz CT molecular complexity index is 758. The molecule has 0 aliphatic rings. The molecular weight excluding hydrogens is 348 g/mol. The minimum absolute atomic E-state index is 0.0517. The summed E-state index contributed by atoms with van der Waals surface area (Å²) >= 11 is 0. The van der Waals surface area contributed by atoms with Crippen LogP contribution < -0.4 is 0 Å². The van der Waals surface area contributed by atoms with E-state index in [2.05, 4.69) is 0 Å². The Morgan fingerprint density at radius 3 is 2.32 bits per heavy atom. The lowest BCUT2D eigenvalue weighted by molar-refractivity contribution is -0.154. The van der Waals surface area contributed by atoms with E-state index in [0.29, 0.717) is 5.69 Å². The zero-order chi connectivity index (χ0) is 19.6. The molecule has 1 aromatic rings. The molecule has 0 atom stereocenters. The zero-order valence-electron chi connectivity index (χ0n) is 15.7. The number of likely N-dealkylation sites (N-methyl/N-ethyl adjacent to an activating group) is 1. The Kier molecular flexibility index (Phi) is 6.41. The second-order valence-corrected chi connectivity index (χ2v) is 8.62. The minimum Gasteiger partial charge on any atom is -0.461 e. The first-order valence-electron chi connectivity index (χ1n) is 7.83. The highest BCUT2D eigenvalue weighted by Gasteiger charge is 2.30. The van der Waals surface area contributed by atoms with Gasteiger partial charge in [-0.25, -0.2) is 13.2 Å². The minimum atomic E-state index is -3.97. The number of carbonyl (C=O) groups excluding carboxylic acids is 2. The molecule has 0 aromatic carbocycles.